The van der Waals surface area contributed by atoms with E-state index in [1.165, 1.54) is 5.56 Å². The van der Waals surface area contributed by atoms with Gasteiger partial charge in [0.05, 0.1) is 30.6 Å². The Morgan fingerprint density at radius 3 is 2.57 bits per heavy atom. The summed E-state index contributed by atoms with van der Waals surface area (Å²) in [6.45, 7) is 4.35. The summed E-state index contributed by atoms with van der Waals surface area (Å²) in [5.74, 6) is 0.793. The van der Waals surface area contributed by atoms with Gasteiger partial charge in [0, 0.05) is 24.6 Å². The number of para-hydroxylation sites is 2. The summed E-state index contributed by atoms with van der Waals surface area (Å²) in [6.07, 6.45) is 6.14. The topological polar surface area (TPSA) is 42.3 Å². The lowest BCUT2D eigenvalue weighted by Gasteiger charge is -2.28. The van der Waals surface area contributed by atoms with Gasteiger partial charge in [0.2, 0.25) is 0 Å². The van der Waals surface area contributed by atoms with Crippen LogP contribution in [0.5, 0.6) is 5.75 Å². The highest BCUT2D eigenvalue weighted by molar-refractivity contribution is 7.80. The molecule has 0 saturated carbocycles. The quantitative estimate of drug-likeness (QED) is 0.640. The highest BCUT2D eigenvalue weighted by Crippen LogP contribution is 2.44. The number of pyridine rings is 1. The molecule has 1 N–H and O–H groups in total. The molecule has 4 rings (SSSR count). The lowest BCUT2D eigenvalue weighted by atomic mass is 9.98. The number of rotatable bonds is 5. The highest BCUT2D eigenvalue weighted by Gasteiger charge is 2.42. The summed E-state index contributed by atoms with van der Waals surface area (Å²) in [4.78, 5) is 6.74. The predicted octanol–water partition coefficient (Wildman–Crippen LogP) is 4.65. The average molecular weight is 393 g/mol. The van der Waals surface area contributed by atoms with Crippen LogP contribution < -0.4 is 15.0 Å². The smallest absolute Gasteiger partial charge is 0.174 e. The van der Waals surface area contributed by atoms with Gasteiger partial charge in [0.25, 0.3) is 0 Å². The molecule has 1 fully saturated rings. The standard InChI is InChI=1S/C22H24N4OS/c1-15(2)25-13-11-16(14-25)21-20(17-8-6-7-12-23-17)24-22(28)26(21)18-9-4-5-10-19(18)27-3/h4-15,20-21H,1-3H3,(H,24,28)/t20-,21-/m0/s1. The SMILES string of the molecule is COc1ccccc1N1C(=S)N[C@@H](c2ccccn2)[C@@H]1c1ccn(C(C)C)c1. The van der Waals surface area contributed by atoms with Crippen molar-refractivity contribution in [1.29, 1.82) is 0 Å². The second-order valence-electron chi connectivity index (χ2n) is 7.15. The first-order valence-electron chi connectivity index (χ1n) is 9.41. The van der Waals surface area contributed by atoms with Crippen LogP contribution in [-0.4, -0.2) is 21.8 Å². The lowest BCUT2D eigenvalue weighted by Crippen LogP contribution is -2.29. The van der Waals surface area contributed by atoms with Crippen molar-refractivity contribution in [2.45, 2.75) is 32.0 Å². The Balaban J connectivity index is 1.84. The second kappa shape index (κ2) is 7.64. The second-order valence-corrected chi connectivity index (χ2v) is 7.54. The van der Waals surface area contributed by atoms with E-state index in [-0.39, 0.29) is 12.1 Å². The van der Waals surface area contributed by atoms with E-state index in [1.807, 2.05) is 48.7 Å². The molecule has 28 heavy (non-hydrogen) atoms. The zero-order chi connectivity index (χ0) is 19.7. The van der Waals surface area contributed by atoms with Crippen molar-refractivity contribution in [2.24, 2.45) is 0 Å². The Kier molecular flexibility index (Phi) is 5.05. The van der Waals surface area contributed by atoms with Gasteiger partial charge in [-0.3, -0.25) is 4.98 Å². The number of aromatic nitrogens is 2. The predicted molar refractivity (Wildman–Crippen MR) is 116 cm³/mol. The Morgan fingerprint density at radius 1 is 1.11 bits per heavy atom. The van der Waals surface area contributed by atoms with Crippen LogP contribution in [0.25, 0.3) is 0 Å². The minimum Gasteiger partial charge on any atom is -0.495 e. The summed E-state index contributed by atoms with van der Waals surface area (Å²) in [7, 11) is 1.69. The Bertz CT molecular complexity index is 969. The molecule has 3 heterocycles. The van der Waals surface area contributed by atoms with Gasteiger partial charge in [-0.2, -0.15) is 0 Å². The maximum Gasteiger partial charge on any atom is 0.174 e. The summed E-state index contributed by atoms with van der Waals surface area (Å²) in [6, 6.07) is 16.4. The van der Waals surface area contributed by atoms with Crippen molar-refractivity contribution in [3.05, 3.63) is 78.4 Å². The Hall–Kier alpha value is -2.86. The van der Waals surface area contributed by atoms with E-state index in [9.17, 15) is 0 Å². The van der Waals surface area contributed by atoms with Crippen molar-refractivity contribution in [1.82, 2.24) is 14.9 Å². The zero-order valence-electron chi connectivity index (χ0n) is 16.2. The molecule has 5 nitrogen and oxygen atoms in total. The van der Waals surface area contributed by atoms with Crippen molar-refractivity contribution >= 4 is 23.0 Å². The highest BCUT2D eigenvalue weighted by atomic mass is 32.1. The van der Waals surface area contributed by atoms with E-state index in [2.05, 4.69) is 52.1 Å². The molecule has 0 amide bonds. The fourth-order valence-corrected chi connectivity index (χ4v) is 4.05. The first-order valence-corrected chi connectivity index (χ1v) is 9.82. The molecular formula is C22H24N4OS. The van der Waals surface area contributed by atoms with E-state index >= 15 is 0 Å². The largest absolute Gasteiger partial charge is 0.495 e. The number of nitrogens with one attached hydrogen (secondary N) is 1. The molecular weight excluding hydrogens is 368 g/mol. The number of ether oxygens (including phenoxy) is 1. The zero-order valence-corrected chi connectivity index (χ0v) is 17.1. The van der Waals surface area contributed by atoms with E-state index in [1.54, 1.807) is 7.11 Å². The van der Waals surface area contributed by atoms with Gasteiger partial charge < -0.3 is 19.5 Å². The van der Waals surface area contributed by atoms with Gasteiger partial charge in [-0.1, -0.05) is 18.2 Å². The Morgan fingerprint density at radius 2 is 1.89 bits per heavy atom. The van der Waals surface area contributed by atoms with Gasteiger partial charge in [0.1, 0.15) is 5.75 Å². The number of anilines is 1. The van der Waals surface area contributed by atoms with Crippen LogP contribution in [0.3, 0.4) is 0 Å². The molecule has 2 atom stereocenters. The molecule has 0 spiro atoms. The van der Waals surface area contributed by atoms with Gasteiger partial charge in [-0.25, -0.2) is 0 Å². The number of methoxy groups -OCH3 is 1. The third kappa shape index (κ3) is 3.24. The first-order chi connectivity index (χ1) is 13.6. The van der Waals surface area contributed by atoms with Crippen LogP contribution in [0.1, 0.15) is 43.2 Å². The van der Waals surface area contributed by atoms with E-state index in [0.29, 0.717) is 11.2 Å². The number of hydrogen-bond donors (Lipinski definition) is 1. The molecule has 1 saturated heterocycles. The number of benzene rings is 1. The van der Waals surface area contributed by atoms with Crippen LogP contribution in [0.15, 0.2) is 67.1 Å². The maximum absolute atomic E-state index is 5.77. The van der Waals surface area contributed by atoms with Crippen LogP contribution in [0, 0.1) is 0 Å². The minimum atomic E-state index is -0.0541. The summed E-state index contributed by atoms with van der Waals surface area (Å²) < 4.78 is 7.84. The van der Waals surface area contributed by atoms with Crippen molar-refractivity contribution < 1.29 is 4.74 Å². The summed E-state index contributed by atoms with van der Waals surface area (Å²) in [5.41, 5.74) is 3.09. The van der Waals surface area contributed by atoms with E-state index in [4.69, 9.17) is 17.0 Å². The number of thiocarbonyl (C=S) groups is 1. The Labute approximate surface area is 171 Å². The van der Waals surface area contributed by atoms with E-state index in [0.717, 1.165) is 17.1 Å². The molecule has 6 heteroatoms. The fourth-order valence-electron chi connectivity index (χ4n) is 3.71. The molecule has 1 aliphatic rings. The van der Waals surface area contributed by atoms with Crippen LogP contribution in [0.2, 0.25) is 0 Å². The molecule has 1 aromatic carbocycles. The maximum atomic E-state index is 5.77. The van der Waals surface area contributed by atoms with Crippen LogP contribution >= 0.6 is 12.2 Å². The number of nitrogens with zero attached hydrogens (tertiary/aromatic N) is 3. The molecule has 1 aliphatic heterocycles. The van der Waals surface area contributed by atoms with Crippen LogP contribution in [0.4, 0.5) is 5.69 Å². The lowest BCUT2D eigenvalue weighted by molar-refractivity contribution is 0.414. The molecule has 3 aromatic rings. The fraction of sp³-hybridized carbons (Fsp3) is 0.273. The third-order valence-corrected chi connectivity index (χ3v) is 5.43. The van der Waals surface area contributed by atoms with Crippen molar-refractivity contribution in [3.63, 3.8) is 0 Å². The van der Waals surface area contributed by atoms with Crippen molar-refractivity contribution in [3.8, 4) is 5.75 Å². The summed E-state index contributed by atoms with van der Waals surface area (Å²) >= 11 is 5.77. The molecule has 0 bridgehead atoms. The molecule has 144 valence electrons. The van der Waals surface area contributed by atoms with Crippen molar-refractivity contribution in [2.75, 3.05) is 12.0 Å². The normalized spacial score (nSPS) is 19.1. The van der Waals surface area contributed by atoms with Gasteiger partial charge in [0.15, 0.2) is 5.11 Å². The van der Waals surface area contributed by atoms with Gasteiger partial charge in [-0.05, 0) is 62.0 Å². The molecule has 0 radical (unpaired) electrons. The molecule has 0 aliphatic carbocycles. The average Bonchev–Trinajstić information content (AvgIpc) is 3.33. The molecule has 0 unspecified atom stereocenters. The minimum absolute atomic E-state index is 0.0290. The third-order valence-electron chi connectivity index (χ3n) is 5.12. The van der Waals surface area contributed by atoms with E-state index < -0.39 is 0 Å². The first kappa shape index (κ1) is 18.5. The molecule has 2 aromatic heterocycles. The number of hydrogen-bond acceptors (Lipinski definition) is 3. The van der Waals surface area contributed by atoms with Crippen LogP contribution in [-0.2, 0) is 0 Å². The van der Waals surface area contributed by atoms with Gasteiger partial charge in [-0.15, -0.1) is 0 Å². The van der Waals surface area contributed by atoms with Gasteiger partial charge >= 0.3 is 0 Å². The summed E-state index contributed by atoms with van der Waals surface area (Å²) in [5, 5.41) is 4.16. The monoisotopic (exact) mass is 392 g/mol.